The Morgan fingerprint density at radius 2 is 1.70 bits per heavy atom. The summed E-state index contributed by atoms with van der Waals surface area (Å²) in [5, 5.41) is 0.374. The molecule has 0 N–H and O–H groups in total. The van der Waals surface area contributed by atoms with E-state index in [9.17, 15) is 9.59 Å². The summed E-state index contributed by atoms with van der Waals surface area (Å²) in [7, 11) is -2.27. The van der Waals surface area contributed by atoms with Crippen molar-refractivity contribution in [1.29, 1.82) is 0 Å². The number of ether oxygens (including phenoxy) is 1. The van der Waals surface area contributed by atoms with Crippen LogP contribution in [0.4, 0.5) is 4.79 Å². The molecule has 254 valence electrons. The van der Waals surface area contributed by atoms with E-state index in [1.807, 2.05) is 80.0 Å². The van der Waals surface area contributed by atoms with E-state index >= 15 is 0 Å². The van der Waals surface area contributed by atoms with Gasteiger partial charge in [-0.3, -0.25) is 14.7 Å². The van der Waals surface area contributed by atoms with Crippen LogP contribution in [0.1, 0.15) is 94.5 Å². The highest BCUT2D eigenvalue weighted by Gasteiger charge is 2.47. The van der Waals surface area contributed by atoms with E-state index in [1.165, 1.54) is 0 Å². The van der Waals surface area contributed by atoms with Crippen LogP contribution in [0.5, 0.6) is 0 Å². The van der Waals surface area contributed by atoms with Crippen molar-refractivity contribution in [3.8, 4) is 0 Å². The van der Waals surface area contributed by atoms with Crippen LogP contribution >= 0.6 is 11.6 Å². The van der Waals surface area contributed by atoms with Crippen LogP contribution in [0.2, 0.25) is 23.3 Å². The first-order valence-corrected chi connectivity index (χ1v) is 19.9. The Hall–Kier alpha value is -3.27. The fourth-order valence-electron chi connectivity index (χ4n) is 5.70. The summed E-state index contributed by atoms with van der Waals surface area (Å²) in [6.45, 7) is 19.8. The van der Waals surface area contributed by atoms with E-state index < -0.39 is 20.0 Å². The van der Waals surface area contributed by atoms with Crippen molar-refractivity contribution in [2.75, 3.05) is 6.54 Å². The molecule has 1 fully saturated rings. The van der Waals surface area contributed by atoms with E-state index in [0.29, 0.717) is 30.2 Å². The number of nitrogens with zero attached hydrogens (tertiary/aromatic N) is 4. The summed E-state index contributed by atoms with van der Waals surface area (Å²) < 4.78 is 13.1. The van der Waals surface area contributed by atoms with E-state index in [-0.39, 0.29) is 29.1 Å². The van der Waals surface area contributed by atoms with Gasteiger partial charge in [0.2, 0.25) is 0 Å². The molecule has 1 aliphatic heterocycles. The van der Waals surface area contributed by atoms with Crippen molar-refractivity contribution in [1.82, 2.24) is 19.8 Å². The minimum Gasteiger partial charge on any atom is -0.444 e. The highest BCUT2D eigenvalue weighted by molar-refractivity contribution is 6.74. The van der Waals surface area contributed by atoms with Gasteiger partial charge >= 0.3 is 6.09 Å². The standard InChI is InChI=1S/C37H51ClN4O4Si/c1-10-41(25-27-12-11-21-39-23-27)34(43)28-15-13-26(14-16-28)22-30-18-19-31(42(30)35(44)45-36(2,3)4)33(29-17-20-32(38)40-24-29)46-47(8,9)37(5,6)7/h11-17,20-21,23-24,30-31,33H,10,18-19,22,25H2,1-9H3/t30-,31+,33+/m0/s1. The first-order valence-electron chi connectivity index (χ1n) is 16.6. The Labute approximate surface area is 287 Å². The highest BCUT2D eigenvalue weighted by atomic mass is 35.5. The zero-order valence-corrected chi connectivity index (χ0v) is 31.2. The highest BCUT2D eigenvalue weighted by Crippen LogP contribution is 2.44. The summed E-state index contributed by atoms with van der Waals surface area (Å²) in [5.74, 6) is -0.0265. The molecule has 1 aliphatic rings. The minimum atomic E-state index is -2.27. The third-order valence-electron chi connectivity index (χ3n) is 9.24. The van der Waals surface area contributed by atoms with E-state index in [2.05, 4.69) is 43.8 Å². The molecule has 4 rings (SSSR count). The number of halogens is 1. The van der Waals surface area contributed by atoms with Gasteiger partial charge in [-0.25, -0.2) is 9.78 Å². The number of hydrogen-bond acceptors (Lipinski definition) is 6. The largest absolute Gasteiger partial charge is 0.444 e. The second-order valence-corrected chi connectivity index (χ2v) is 20.1. The van der Waals surface area contributed by atoms with Gasteiger partial charge in [0.1, 0.15) is 10.8 Å². The number of aromatic nitrogens is 2. The van der Waals surface area contributed by atoms with Gasteiger partial charge in [0.25, 0.3) is 5.91 Å². The number of hydrogen-bond donors (Lipinski definition) is 0. The summed E-state index contributed by atoms with van der Waals surface area (Å²) in [4.78, 5) is 39.6. The molecule has 2 amide bonds. The molecule has 0 spiro atoms. The number of carbonyl (C=O) groups is 2. The van der Waals surface area contributed by atoms with Crippen molar-refractivity contribution in [3.63, 3.8) is 0 Å². The maximum Gasteiger partial charge on any atom is 0.410 e. The summed E-state index contributed by atoms with van der Waals surface area (Å²) in [6, 6.07) is 15.0. The molecule has 10 heteroatoms. The van der Waals surface area contributed by atoms with E-state index in [0.717, 1.165) is 29.5 Å². The van der Waals surface area contributed by atoms with Crippen molar-refractivity contribution in [2.24, 2.45) is 0 Å². The summed E-state index contributed by atoms with van der Waals surface area (Å²) in [6.07, 6.45) is 6.71. The van der Waals surface area contributed by atoms with Gasteiger partial charge < -0.3 is 14.1 Å². The van der Waals surface area contributed by atoms with Gasteiger partial charge in [0.15, 0.2) is 8.32 Å². The molecule has 0 unspecified atom stereocenters. The molecule has 0 bridgehead atoms. The maximum absolute atomic E-state index is 14.0. The van der Waals surface area contributed by atoms with Crippen LogP contribution < -0.4 is 0 Å². The first kappa shape index (κ1) is 36.6. The van der Waals surface area contributed by atoms with Gasteiger partial charge in [-0.2, -0.15) is 0 Å². The number of benzene rings is 1. The lowest BCUT2D eigenvalue weighted by Gasteiger charge is -2.43. The Kier molecular flexibility index (Phi) is 11.6. The normalized spacial score (nSPS) is 17.8. The molecule has 3 atom stereocenters. The Bertz CT molecular complexity index is 1490. The number of pyridine rings is 2. The molecule has 0 radical (unpaired) electrons. The van der Waals surface area contributed by atoms with Crippen LogP contribution in [-0.2, 0) is 22.1 Å². The van der Waals surface area contributed by atoms with Crippen molar-refractivity contribution >= 4 is 31.9 Å². The quantitative estimate of drug-likeness (QED) is 0.157. The molecule has 47 heavy (non-hydrogen) atoms. The predicted molar refractivity (Wildman–Crippen MR) is 190 cm³/mol. The zero-order chi connectivity index (χ0) is 34.6. The van der Waals surface area contributed by atoms with Crippen LogP contribution in [-0.4, -0.2) is 64.3 Å². The second kappa shape index (κ2) is 14.9. The molecule has 3 aromatic rings. The minimum absolute atomic E-state index is 0.0265. The van der Waals surface area contributed by atoms with Gasteiger partial charge in [-0.1, -0.05) is 56.6 Å². The molecule has 8 nitrogen and oxygen atoms in total. The van der Waals surface area contributed by atoms with Gasteiger partial charge in [-0.15, -0.1) is 0 Å². The predicted octanol–water partition coefficient (Wildman–Crippen LogP) is 8.87. The molecule has 2 aromatic heterocycles. The Morgan fingerprint density at radius 3 is 2.26 bits per heavy atom. The lowest BCUT2D eigenvalue weighted by Crippen LogP contribution is -2.50. The number of rotatable bonds is 10. The SMILES string of the molecule is CCN(Cc1cccnc1)C(=O)c1ccc(C[C@@H]2CC[C@H]([C@H](O[Si](C)(C)C(C)(C)C)c3ccc(Cl)nc3)N2C(=O)OC(C)(C)C)cc1. The smallest absolute Gasteiger partial charge is 0.410 e. The Balaban J connectivity index is 1.61. The van der Waals surface area contributed by atoms with Crippen molar-refractivity contribution in [3.05, 3.63) is 94.5 Å². The van der Waals surface area contributed by atoms with Crippen LogP contribution in [0.25, 0.3) is 0 Å². The number of likely N-dealkylation sites (tertiary alicyclic amines) is 1. The lowest BCUT2D eigenvalue weighted by atomic mass is 10.0. The van der Waals surface area contributed by atoms with E-state index in [1.54, 1.807) is 24.7 Å². The first-order chi connectivity index (χ1) is 22.0. The second-order valence-electron chi connectivity index (χ2n) is 15.0. The van der Waals surface area contributed by atoms with Crippen LogP contribution in [0.15, 0.2) is 67.1 Å². The number of carbonyl (C=O) groups excluding carboxylic acids is 2. The van der Waals surface area contributed by atoms with Crippen molar-refractivity contribution < 1.29 is 18.8 Å². The van der Waals surface area contributed by atoms with Gasteiger partial charge in [0, 0.05) is 48.8 Å². The van der Waals surface area contributed by atoms with Crippen LogP contribution in [0.3, 0.4) is 0 Å². The average molecular weight is 679 g/mol. The Morgan fingerprint density at radius 1 is 1.00 bits per heavy atom. The molecule has 1 saturated heterocycles. The van der Waals surface area contributed by atoms with Crippen LogP contribution in [0, 0.1) is 0 Å². The molecule has 0 aliphatic carbocycles. The van der Waals surface area contributed by atoms with Gasteiger partial charge in [-0.05, 0) is 100 Å². The third-order valence-corrected chi connectivity index (χ3v) is 13.9. The van der Waals surface area contributed by atoms with Crippen molar-refractivity contribution in [2.45, 2.75) is 116 Å². The topological polar surface area (TPSA) is 84.9 Å². The maximum atomic E-state index is 14.0. The fourth-order valence-corrected chi connectivity index (χ4v) is 7.10. The molecule has 3 heterocycles. The average Bonchev–Trinajstić information content (AvgIpc) is 3.41. The van der Waals surface area contributed by atoms with E-state index in [4.69, 9.17) is 20.8 Å². The zero-order valence-electron chi connectivity index (χ0n) is 29.4. The monoisotopic (exact) mass is 678 g/mol. The summed E-state index contributed by atoms with van der Waals surface area (Å²) >= 11 is 6.19. The lowest BCUT2D eigenvalue weighted by molar-refractivity contribution is -0.00244. The van der Waals surface area contributed by atoms with Gasteiger partial charge in [0.05, 0.1) is 12.1 Å². The number of amides is 2. The summed E-state index contributed by atoms with van der Waals surface area (Å²) in [5.41, 5.74) is 2.91. The molecular formula is C37H51ClN4O4Si. The fraction of sp³-hybridized carbons (Fsp3) is 0.514. The third kappa shape index (κ3) is 9.42. The molecule has 0 saturated carbocycles. The molecular weight excluding hydrogens is 628 g/mol. The molecule has 1 aromatic carbocycles.